The number of benzene rings is 1. The molecule has 110 valence electrons. The van der Waals surface area contributed by atoms with Crippen LogP contribution in [0.15, 0.2) is 24.3 Å². The molecule has 0 atom stereocenters. The normalized spacial score (nSPS) is 16.1. The summed E-state index contributed by atoms with van der Waals surface area (Å²) >= 11 is 0. The van der Waals surface area contributed by atoms with Crippen LogP contribution in [0.25, 0.3) is 0 Å². The number of hydrogen-bond acceptors (Lipinski definition) is 3. The molecule has 1 aliphatic rings. The number of anilines is 1. The van der Waals surface area contributed by atoms with Gasteiger partial charge in [0, 0.05) is 38.3 Å². The number of carbonyl (C=O) groups excluding carboxylic acids is 1. The average Bonchev–Trinajstić information content (AvgIpc) is 2.64. The summed E-state index contributed by atoms with van der Waals surface area (Å²) in [4.78, 5) is 13.6. The Morgan fingerprint density at radius 3 is 2.70 bits per heavy atom. The van der Waals surface area contributed by atoms with Gasteiger partial charge in [-0.15, -0.1) is 0 Å². The molecule has 0 unspecified atom stereocenters. The third kappa shape index (κ3) is 4.53. The molecule has 0 bridgehead atoms. The highest BCUT2D eigenvalue weighted by Crippen LogP contribution is 2.16. The molecule has 1 saturated heterocycles. The highest BCUT2D eigenvalue weighted by Gasteiger charge is 2.13. The lowest BCUT2D eigenvalue weighted by molar-refractivity contribution is -0.120. The van der Waals surface area contributed by atoms with Crippen molar-refractivity contribution < 1.29 is 4.79 Å². The molecule has 1 aromatic carbocycles. The van der Waals surface area contributed by atoms with E-state index in [9.17, 15) is 4.79 Å². The monoisotopic (exact) mass is 275 g/mol. The molecule has 0 spiro atoms. The Morgan fingerprint density at radius 2 is 2.00 bits per heavy atom. The maximum atomic E-state index is 11.3. The summed E-state index contributed by atoms with van der Waals surface area (Å²) in [6, 6.07) is 8.65. The second-order valence-corrected chi connectivity index (χ2v) is 5.78. The van der Waals surface area contributed by atoms with E-state index in [0.717, 1.165) is 32.7 Å². The lowest BCUT2D eigenvalue weighted by Gasteiger charge is -2.22. The molecule has 1 aromatic rings. The van der Waals surface area contributed by atoms with Crippen molar-refractivity contribution in [3.63, 3.8) is 0 Å². The molecule has 0 saturated carbocycles. The quantitative estimate of drug-likeness (QED) is 0.860. The Kier molecular flexibility index (Phi) is 5.41. The first-order chi connectivity index (χ1) is 9.65. The van der Waals surface area contributed by atoms with Gasteiger partial charge in [-0.05, 0) is 30.2 Å². The number of hydrogen-bond donors (Lipinski definition) is 2. The highest BCUT2D eigenvalue weighted by atomic mass is 16.1. The van der Waals surface area contributed by atoms with Crippen LogP contribution >= 0.6 is 0 Å². The summed E-state index contributed by atoms with van der Waals surface area (Å²) in [5, 5.41) is 6.35. The molecule has 1 aliphatic heterocycles. The average molecular weight is 275 g/mol. The molecule has 0 radical (unpaired) electrons. The van der Waals surface area contributed by atoms with Crippen LogP contribution in [0.1, 0.15) is 25.8 Å². The fourth-order valence-corrected chi connectivity index (χ4v) is 2.35. The van der Waals surface area contributed by atoms with E-state index in [1.807, 2.05) is 0 Å². The van der Waals surface area contributed by atoms with Crippen LogP contribution in [0.3, 0.4) is 0 Å². The van der Waals surface area contributed by atoms with Crippen LogP contribution in [0.2, 0.25) is 0 Å². The van der Waals surface area contributed by atoms with Gasteiger partial charge in [-0.1, -0.05) is 26.0 Å². The standard InChI is InChI=1S/C16H25N3O/c1-13(2)11-17-12-14-3-5-15(6-4-14)19-9-7-16(20)18-8-10-19/h3-6,13,17H,7-12H2,1-2H3,(H,18,20). The molecule has 0 aromatic heterocycles. The van der Waals surface area contributed by atoms with Gasteiger partial charge in [0.2, 0.25) is 5.91 Å². The Labute approximate surface area is 121 Å². The number of amides is 1. The fraction of sp³-hybridized carbons (Fsp3) is 0.562. The first-order valence-electron chi connectivity index (χ1n) is 7.46. The van der Waals surface area contributed by atoms with Gasteiger partial charge in [-0.25, -0.2) is 0 Å². The zero-order chi connectivity index (χ0) is 14.4. The number of rotatable bonds is 5. The van der Waals surface area contributed by atoms with E-state index in [1.54, 1.807) is 0 Å². The summed E-state index contributed by atoms with van der Waals surface area (Å²) in [5.41, 5.74) is 2.51. The molecular formula is C16H25N3O. The van der Waals surface area contributed by atoms with Crippen LogP contribution in [-0.4, -0.2) is 32.1 Å². The third-order valence-electron chi connectivity index (χ3n) is 3.50. The largest absolute Gasteiger partial charge is 0.369 e. The van der Waals surface area contributed by atoms with Crippen molar-refractivity contribution in [2.24, 2.45) is 5.92 Å². The first kappa shape index (κ1) is 14.9. The van der Waals surface area contributed by atoms with Crippen LogP contribution in [0.4, 0.5) is 5.69 Å². The van der Waals surface area contributed by atoms with Crippen molar-refractivity contribution >= 4 is 11.6 Å². The summed E-state index contributed by atoms with van der Waals surface area (Å²) in [6.45, 7) is 8.81. The Morgan fingerprint density at radius 1 is 1.25 bits per heavy atom. The van der Waals surface area contributed by atoms with Crippen LogP contribution in [0, 0.1) is 5.92 Å². The molecule has 2 N–H and O–H groups in total. The van der Waals surface area contributed by atoms with Crippen LogP contribution in [0.5, 0.6) is 0 Å². The molecular weight excluding hydrogens is 250 g/mol. The smallest absolute Gasteiger partial charge is 0.221 e. The minimum atomic E-state index is 0.155. The number of nitrogens with zero attached hydrogens (tertiary/aromatic N) is 1. The van der Waals surface area contributed by atoms with Gasteiger partial charge in [-0.3, -0.25) is 4.79 Å². The number of nitrogens with one attached hydrogen (secondary N) is 2. The SMILES string of the molecule is CC(C)CNCc1ccc(N2CCNC(=O)CC2)cc1. The van der Waals surface area contributed by atoms with Gasteiger partial charge in [0.05, 0.1) is 0 Å². The Hall–Kier alpha value is -1.55. The lowest BCUT2D eigenvalue weighted by atomic mass is 10.1. The minimum Gasteiger partial charge on any atom is -0.369 e. The first-order valence-corrected chi connectivity index (χ1v) is 7.46. The van der Waals surface area contributed by atoms with Gasteiger partial charge in [0.15, 0.2) is 0 Å². The van der Waals surface area contributed by atoms with Gasteiger partial charge >= 0.3 is 0 Å². The summed E-state index contributed by atoms with van der Waals surface area (Å²) in [5.74, 6) is 0.832. The van der Waals surface area contributed by atoms with E-state index < -0.39 is 0 Å². The molecule has 2 rings (SSSR count). The van der Waals surface area contributed by atoms with Crippen molar-refractivity contribution in [2.75, 3.05) is 31.1 Å². The molecule has 0 aliphatic carbocycles. The molecule has 20 heavy (non-hydrogen) atoms. The summed E-state index contributed by atoms with van der Waals surface area (Å²) in [7, 11) is 0. The third-order valence-corrected chi connectivity index (χ3v) is 3.50. The second-order valence-electron chi connectivity index (χ2n) is 5.78. The fourth-order valence-electron chi connectivity index (χ4n) is 2.35. The maximum absolute atomic E-state index is 11.3. The molecule has 4 heteroatoms. The molecule has 4 nitrogen and oxygen atoms in total. The van der Waals surface area contributed by atoms with Crippen molar-refractivity contribution in [2.45, 2.75) is 26.8 Å². The Bertz CT molecular complexity index is 428. The van der Waals surface area contributed by atoms with Gasteiger partial charge in [-0.2, -0.15) is 0 Å². The van der Waals surface area contributed by atoms with Crippen molar-refractivity contribution in [1.82, 2.24) is 10.6 Å². The number of carbonyl (C=O) groups is 1. The molecule has 1 heterocycles. The summed E-state index contributed by atoms with van der Waals surface area (Å²) < 4.78 is 0. The van der Waals surface area contributed by atoms with Crippen molar-refractivity contribution in [1.29, 1.82) is 0 Å². The van der Waals surface area contributed by atoms with Gasteiger partial charge in [0.1, 0.15) is 0 Å². The van der Waals surface area contributed by atoms with E-state index in [1.165, 1.54) is 11.3 Å². The lowest BCUT2D eigenvalue weighted by Crippen LogP contribution is -2.28. The van der Waals surface area contributed by atoms with Crippen molar-refractivity contribution in [3.8, 4) is 0 Å². The van der Waals surface area contributed by atoms with Crippen molar-refractivity contribution in [3.05, 3.63) is 29.8 Å². The van der Waals surface area contributed by atoms with E-state index in [0.29, 0.717) is 12.3 Å². The van der Waals surface area contributed by atoms with Gasteiger partial charge < -0.3 is 15.5 Å². The van der Waals surface area contributed by atoms with E-state index in [4.69, 9.17) is 0 Å². The summed E-state index contributed by atoms with van der Waals surface area (Å²) in [6.07, 6.45) is 0.581. The Balaban J connectivity index is 1.88. The maximum Gasteiger partial charge on any atom is 0.221 e. The van der Waals surface area contributed by atoms with E-state index >= 15 is 0 Å². The van der Waals surface area contributed by atoms with Gasteiger partial charge in [0.25, 0.3) is 0 Å². The van der Waals surface area contributed by atoms with E-state index in [2.05, 4.69) is 53.6 Å². The van der Waals surface area contributed by atoms with Crippen LogP contribution in [-0.2, 0) is 11.3 Å². The highest BCUT2D eigenvalue weighted by molar-refractivity contribution is 5.77. The predicted octanol–water partition coefficient (Wildman–Crippen LogP) is 1.76. The zero-order valence-electron chi connectivity index (χ0n) is 12.5. The van der Waals surface area contributed by atoms with E-state index in [-0.39, 0.29) is 5.91 Å². The topological polar surface area (TPSA) is 44.4 Å². The molecule has 1 fully saturated rings. The second kappa shape index (κ2) is 7.29. The zero-order valence-corrected chi connectivity index (χ0v) is 12.5. The molecule has 1 amide bonds. The predicted molar refractivity (Wildman–Crippen MR) is 82.8 cm³/mol. The minimum absolute atomic E-state index is 0.155. The van der Waals surface area contributed by atoms with Crippen LogP contribution < -0.4 is 15.5 Å².